The van der Waals surface area contributed by atoms with E-state index in [1.165, 1.54) is 6.07 Å². The van der Waals surface area contributed by atoms with E-state index in [0.717, 1.165) is 28.7 Å². The molecule has 1 aliphatic carbocycles. The van der Waals surface area contributed by atoms with Gasteiger partial charge in [-0.05, 0) is 59.5 Å². The number of rotatable bonds is 2. The lowest BCUT2D eigenvalue weighted by Gasteiger charge is -2.12. The van der Waals surface area contributed by atoms with Crippen molar-refractivity contribution in [2.24, 2.45) is 5.73 Å². The standard InChI is InChI=1S/C15H14FNO/c16-9-1-3-11-12-4-2-10(18)8-15(12)13(5-6-17)14(11)7-9/h1-4,7-8,13,18H,5-6,17H2. The lowest BCUT2D eigenvalue weighted by Crippen LogP contribution is -2.06. The molecule has 3 N–H and O–H groups in total. The van der Waals surface area contributed by atoms with E-state index in [0.29, 0.717) is 6.54 Å². The Hall–Kier alpha value is -1.87. The van der Waals surface area contributed by atoms with Gasteiger partial charge < -0.3 is 10.8 Å². The first-order chi connectivity index (χ1) is 8.70. The van der Waals surface area contributed by atoms with E-state index in [-0.39, 0.29) is 17.5 Å². The Morgan fingerprint density at radius 1 is 1.06 bits per heavy atom. The molecule has 1 atom stereocenters. The van der Waals surface area contributed by atoms with Crippen molar-refractivity contribution in [3.05, 3.63) is 53.3 Å². The molecule has 0 fully saturated rings. The average Bonchev–Trinajstić information content (AvgIpc) is 2.63. The second-order valence-electron chi connectivity index (χ2n) is 4.63. The Balaban J connectivity index is 2.22. The van der Waals surface area contributed by atoms with Crippen molar-refractivity contribution in [1.82, 2.24) is 0 Å². The van der Waals surface area contributed by atoms with Crippen LogP contribution < -0.4 is 5.73 Å². The first-order valence-electron chi connectivity index (χ1n) is 6.03. The van der Waals surface area contributed by atoms with Crippen LogP contribution in [0.2, 0.25) is 0 Å². The predicted molar refractivity (Wildman–Crippen MR) is 69.0 cm³/mol. The summed E-state index contributed by atoms with van der Waals surface area (Å²) < 4.78 is 13.4. The van der Waals surface area contributed by atoms with Crippen molar-refractivity contribution >= 4 is 0 Å². The third-order valence-corrected chi connectivity index (χ3v) is 3.55. The van der Waals surface area contributed by atoms with Crippen LogP contribution in [0.15, 0.2) is 36.4 Å². The number of benzene rings is 2. The van der Waals surface area contributed by atoms with Gasteiger partial charge in [-0.15, -0.1) is 0 Å². The lowest BCUT2D eigenvalue weighted by molar-refractivity contribution is 0.474. The van der Waals surface area contributed by atoms with E-state index in [1.54, 1.807) is 24.3 Å². The summed E-state index contributed by atoms with van der Waals surface area (Å²) in [6.07, 6.45) is 0.757. The fraction of sp³-hybridized carbons (Fsp3) is 0.200. The highest BCUT2D eigenvalue weighted by Crippen LogP contribution is 2.47. The molecule has 0 radical (unpaired) electrons. The van der Waals surface area contributed by atoms with Gasteiger partial charge in [-0.25, -0.2) is 4.39 Å². The molecule has 92 valence electrons. The quantitative estimate of drug-likeness (QED) is 0.851. The maximum absolute atomic E-state index is 13.4. The summed E-state index contributed by atoms with van der Waals surface area (Å²) in [5, 5.41) is 9.61. The molecule has 2 nitrogen and oxygen atoms in total. The van der Waals surface area contributed by atoms with Gasteiger partial charge in [-0.3, -0.25) is 0 Å². The minimum absolute atomic E-state index is 0.0859. The summed E-state index contributed by atoms with van der Waals surface area (Å²) in [5.41, 5.74) is 9.78. The third-order valence-electron chi connectivity index (χ3n) is 3.55. The van der Waals surface area contributed by atoms with E-state index < -0.39 is 0 Å². The van der Waals surface area contributed by atoms with Crippen LogP contribution >= 0.6 is 0 Å². The van der Waals surface area contributed by atoms with E-state index in [4.69, 9.17) is 5.73 Å². The number of phenolic OH excluding ortho intramolecular Hbond substituents is 1. The molecule has 0 aromatic heterocycles. The van der Waals surface area contributed by atoms with Gasteiger partial charge in [-0.2, -0.15) is 0 Å². The molecule has 18 heavy (non-hydrogen) atoms. The predicted octanol–water partition coefficient (Wildman–Crippen LogP) is 2.99. The van der Waals surface area contributed by atoms with Gasteiger partial charge in [0.05, 0.1) is 0 Å². The van der Waals surface area contributed by atoms with Crippen molar-refractivity contribution in [3.63, 3.8) is 0 Å². The van der Waals surface area contributed by atoms with Gasteiger partial charge >= 0.3 is 0 Å². The summed E-state index contributed by atoms with van der Waals surface area (Å²) in [5.74, 6) is 0.0969. The van der Waals surface area contributed by atoms with E-state index in [9.17, 15) is 9.50 Å². The maximum Gasteiger partial charge on any atom is 0.123 e. The SMILES string of the molecule is NCCC1c2cc(O)ccc2-c2ccc(F)cc21. The number of hydrogen-bond donors (Lipinski definition) is 2. The first kappa shape index (κ1) is 11.2. The van der Waals surface area contributed by atoms with Crippen LogP contribution in [0.25, 0.3) is 11.1 Å². The normalized spacial score (nSPS) is 16.4. The maximum atomic E-state index is 13.4. The molecule has 2 aromatic rings. The fourth-order valence-electron chi connectivity index (χ4n) is 2.80. The summed E-state index contributed by atoms with van der Waals surface area (Å²) in [6, 6.07) is 10.2. The fourth-order valence-corrected chi connectivity index (χ4v) is 2.80. The number of halogens is 1. The molecular formula is C15H14FNO. The topological polar surface area (TPSA) is 46.2 Å². The van der Waals surface area contributed by atoms with Crippen molar-refractivity contribution in [1.29, 1.82) is 0 Å². The van der Waals surface area contributed by atoms with Gasteiger partial charge in [-0.1, -0.05) is 12.1 Å². The largest absolute Gasteiger partial charge is 0.508 e. The molecular weight excluding hydrogens is 229 g/mol. The highest BCUT2D eigenvalue weighted by atomic mass is 19.1. The number of fused-ring (bicyclic) bond motifs is 3. The summed E-state index contributed by atoms with van der Waals surface area (Å²) >= 11 is 0. The molecule has 0 aliphatic heterocycles. The van der Waals surface area contributed by atoms with Crippen molar-refractivity contribution in [2.75, 3.05) is 6.54 Å². The minimum Gasteiger partial charge on any atom is -0.508 e. The second-order valence-corrected chi connectivity index (χ2v) is 4.63. The number of aromatic hydroxyl groups is 1. The van der Waals surface area contributed by atoms with Crippen LogP contribution in [0.5, 0.6) is 5.75 Å². The molecule has 0 bridgehead atoms. The van der Waals surface area contributed by atoms with E-state index in [1.807, 2.05) is 6.07 Å². The third kappa shape index (κ3) is 1.59. The van der Waals surface area contributed by atoms with Crippen LogP contribution in [0, 0.1) is 5.82 Å². The van der Waals surface area contributed by atoms with Crippen molar-refractivity contribution in [3.8, 4) is 16.9 Å². The second kappa shape index (κ2) is 4.10. The Bertz CT molecular complexity index is 558. The molecule has 3 rings (SSSR count). The van der Waals surface area contributed by atoms with Crippen molar-refractivity contribution in [2.45, 2.75) is 12.3 Å². The van der Waals surface area contributed by atoms with Gasteiger partial charge in [0.2, 0.25) is 0 Å². The summed E-state index contributed by atoms with van der Waals surface area (Å²) in [4.78, 5) is 0. The molecule has 2 aromatic carbocycles. The van der Waals surface area contributed by atoms with Crippen LogP contribution in [0.1, 0.15) is 23.5 Å². The molecule has 0 saturated heterocycles. The summed E-state index contributed by atoms with van der Waals surface area (Å²) in [6.45, 7) is 0.537. The first-order valence-corrected chi connectivity index (χ1v) is 6.03. The molecule has 3 heteroatoms. The monoisotopic (exact) mass is 243 g/mol. The number of hydrogen-bond acceptors (Lipinski definition) is 2. The molecule has 0 amide bonds. The average molecular weight is 243 g/mol. The van der Waals surface area contributed by atoms with Crippen LogP contribution in [0.4, 0.5) is 4.39 Å². The van der Waals surface area contributed by atoms with Crippen LogP contribution in [-0.2, 0) is 0 Å². The van der Waals surface area contributed by atoms with Crippen LogP contribution in [-0.4, -0.2) is 11.7 Å². The van der Waals surface area contributed by atoms with Gasteiger partial charge in [0.15, 0.2) is 0 Å². The van der Waals surface area contributed by atoms with E-state index >= 15 is 0 Å². The van der Waals surface area contributed by atoms with Gasteiger partial charge in [0, 0.05) is 5.92 Å². The zero-order valence-electron chi connectivity index (χ0n) is 9.86. The molecule has 0 saturated carbocycles. The zero-order valence-corrected chi connectivity index (χ0v) is 9.86. The number of nitrogens with two attached hydrogens (primary N) is 1. The molecule has 0 heterocycles. The zero-order chi connectivity index (χ0) is 12.7. The number of phenols is 1. The molecule has 0 spiro atoms. The Labute approximate surface area is 105 Å². The molecule has 1 unspecified atom stereocenters. The van der Waals surface area contributed by atoms with Crippen LogP contribution in [0.3, 0.4) is 0 Å². The van der Waals surface area contributed by atoms with E-state index in [2.05, 4.69) is 0 Å². The highest BCUT2D eigenvalue weighted by Gasteiger charge is 2.28. The summed E-state index contributed by atoms with van der Waals surface area (Å²) in [7, 11) is 0. The van der Waals surface area contributed by atoms with Crippen molar-refractivity contribution < 1.29 is 9.50 Å². The Kier molecular flexibility index (Phi) is 2.56. The Morgan fingerprint density at radius 2 is 1.72 bits per heavy atom. The minimum atomic E-state index is -0.229. The van der Waals surface area contributed by atoms with Gasteiger partial charge in [0.1, 0.15) is 11.6 Å². The highest BCUT2D eigenvalue weighted by molar-refractivity contribution is 5.79. The lowest BCUT2D eigenvalue weighted by atomic mass is 9.93. The smallest absolute Gasteiger partial charge is 0.123 e. The Morgan fingerprint density at radius 3 is 2.44 bits per heavy atom. The van der Waals surface area contributed by atoms with Gasteiger partial charge in [0.25, 0.3) is 0 Å². The molecule has 1 aliphatic rings.